The molecule has 1 heterocycles. The van der Waals surface area contributed by atoms with Gasteiger partial charge in [-0.3, -0.25) is 4.79 Å². The first kappa shape index (κ1) is 14.6. The lowest BCUT2D eigenvalue weighted by molar-refractivity contribution is -0.124. The van der Waals surface area contributed by atoms with Crippen LogP contribution in [0.4, 0.5) is 0 Å². The van der Waals surface area contributed by atoms with Crippen molar-refractivity contribution in [2.75, 3.05) is 6.61 Å². The SMILES string of the molecule is O=C(COC(=O)c1ccc(Cl)s1)NCc1ccccc1. The number of esters is 1. The lowest BCUT2D eigenvalue weighted by atomic mass is 10.2. The van der Waals surface area contributed by atoms with Gasteiger partial charge in [-0.25, -0.2) is 4.79 Å². The fraction of sp³-hybridized carbons (Fsp3) is 0.143. The first-order valence-corrected chi connectivity index (χ1v) is 7.07. The monoisotopic (exact) mass is 309 g/mol. The van der Waals surface area contributed by atoms with Crippen LogP contribution in [0.25, 0.3) is 0 Å². The van der Waals surface area contributed by atoms with Gasteiger partial charge in [0.05, 0.1) is 4.34 Å². The molecule has 20 heavy (non-hydrogen) atoms. The van der Waals surface area contributed by atoms with Gasteiger partial charge in [0.15, 0.2) is 6.61 Å². The number of ether oxygens (including phenoxy) is 1. The second kappa shape index (κ2) is 7.07. The summed E-state index contributed by atoms with van der Waals surface area (Å²) >= 11 is 6.83. The van der Waals surface area contributed by atoms with Gasteiger partial charge < -0.3 is 10.1 Å². The van der Waals surface area contributed by atoms with Crippen LogP contribution in [0.5, 0.6) is 0 Å². The second-order valence-electron chi connectivity index (χ2n) is 3.94. The Bertz CT molecular complexity index is 597. The predicted octanol–water partition coefficient (Wildman–Crippen LogP) is 2.87. The van der Waals surface area contributed by atoms with E-state index in [-0.39, 0.29) is 12.5 Å². The van der Waals surface area contributed by atoms with E-state index in [0.29, 0.717) is 15.8 Å². The van der Waals surface area contributed by atoms with Crippen molar-refractivity contribution in [1.29, 1.82) is 0 Å². The highest BCUT2D eigenvalue weighted by Gasteiger charge is 2.12. The Morgan fingerprint density at radius 2 is 1.90 bits per heavy atom. The van der Waals surface area contributed by atoms with Crippen molar-refractivity contribution < 1.29 is 14.3 Å². The van der Waals surface area contributed by atoms with Gasteiger partial charge in [0.1, 0.15) is 4.88 Å². The Labute approximate surface area is 125 Å². The number of benzene rings is 1. The van der Waals surface area contributed by atoms with Crippen LogP contribution < -0.4 is 5.32 Å². The number of hydrogen-bond donors (Lipinski definition) is 1. The molecule has 1 aromatic carbocycles. The van der Waals surface area contributed by atoms with Crippen molar-refractivity contribution >= 4 is 34.8 Å². The smallest absolute Gasteiger partial charge is 0.348 e. The van der Waals surface area contributed by atoms with Gasteiger partial charge in [-0.15, -0.1) is 11.3 Å². The Hall–Kier alpha value is -1.85. The molecule has 0 saturated carbocycles. The van der Waals surface area contributed by atoms with E-state index in [9.17, 15) is 9.59 Å². The summed E-state index contributed by atoms with van der Waals surface area (Å²) in [5.41, 5.74) is 0.984. The van der Waals surface area contributed by atoms with E-state index >= 15 is 0 Å². The summed E-state index contributed by atoms with van der Waals surface area (Å²) in [6.45, 7) is 0.100. The normalized spacial score (nSPS) is 10.1. The van der Waals surface area contributed by atoms with Crippen LogP contribution in [0.1, 0.15) is 15.2 Å². The van der Waals surface area contributed by atoms with E-state index in [1.165, 1.54) is 0 Å². The van der Waals surface area contributed by atoms with Crippen molar-refractivity contribution in [3.63, 3.8) is 0 Å². The summed E-state index contributed by atoms with van der Waals surface area (Å²) in [4.78, 5) is 23.5. The largest absolute Gasteiger partial charge is 0.451 e. The fourth-order valence-corrected chi connectivity index (χ4v) is 2.41. The molecule has 2 aromatic rings. The van der Waals surface area contributed by atoms with Crippen molar-refractivity contribution in [3.05, 3.63) is 57.2 Å². The molecule has 0 radical (unpaired) electrons. The average Bonchev–Trinajstić information content (AvgIpc) is 2.90. The fourth-order valence-electron chi connectivity index (χ4n) is 1.47. The van der Waals surface area contributed by atoms with Gasteiger partial charge in [0.25, 0.3) is 5.91 Å². The molecule has 6 heteroatoms. The molecule has 2 rings (SSSR count). The molecule has 104 valence electrons. The summed E-state index contributed by atoms with van der Waals surface area (Å²) in [6.07, 6.45) is 0. The third kappa shape index (κ3) is 4.36. The standard InChI is InChI=1S/C14H12ClNO3S/c15-12-7-6-11(20-12)14(18)19-9-13(17)16-8-10-4-2-1-3-5-10/h1-7H,8-9H2,(H,16,17). The highest BCUT2D eigenvalue weighted by Crippen LogP contribution is 2.21. The molecule has 0 atom stereocenters. The molecule has 0 bridgehead atoms. The zero-order valence-electron chi connectivity index (χ0n) is 10.5. The lowest BCUT2D eigenvalue weighted by Gasteiger charge is -2.05. The molecule has 0 unspecified atom stereocenters. The van der Waals surface area contributed by atoms with E-state index in [1.807, 2.05) is 30.3 Å². The molecule has 1 amide bonds. The molecule has 0 aliphatic heterocycles. The molecule has 0 spiro atoms. The quantitative estimate of drug-likeness (QED) is 0.864. The minimum atomic E-state index is -0.545. The van der Waals surface area contributed by atoms with Crippen molar-refractivity contribution in [2.24, 2.45) is 0 Å². The highest BCUT2D eigenvalue weighted by atomic mass is 35.5. The van der Waals surface area contributed by atoms with Gasteiger partial charge in [0, 0.05) is 6.54 Å². The van der Waals surface area contributed by atoms with Crippen molar-refractivity contribution in [3.8, 4) is 0 Å². The molecule has 0 aliphatic rings. The topological polar surface area (TPSA) is 55.4 Å². The zero-order valence-corrected chi connectivity index (χ0v) is 12.0. The maximum Gasteiger partial charge on any atom is 0.348 e. The minimum Gasteiger partial charge on any atom is -0.451 e. The molecular formula is C14H12ClNO3S. The Morgan fingerprint density at radius 3 is 2.55 bits per heavy atom. The van der Waals surface area contributed by atoms with Crippen LogP contribution in [-0.4, -0.2) is 18.5 Å². The first-order valence-electron chi connectivity index (χ1n) is 5.88. The summed E-state index contributed by atoms with van der Waals surface area (Å²) in [6, 6.07) is 12.7. The number of hydrogen-bond acceptors (Lipinski definition) is 4. The Kier molecular flexibility index (Phi) is 5.15. The molecule has 0 saturated heterocycles. The lowest BCUT2D eigenvalue weighted by Crippen LogP contribution is -2.28. The van der Waals surface area contributed by atoms with E-state index in [0.717, 1.165) is 16.9 Å². The molecule has 0 aliphatic carbocycles. The van der Waals surface area contributed by atoms with Gasteiger partial charge in [-0.2, -0.15) is 0 Å². The van der Waals surface area contributed by atoms with Crippen LogP contribution in [0.15, 0.2) is 42.5 Å². The number of thiophene rings is 1. The average molecular weight is 310 g/mol. The number of carbonyl (C=O) groups is 2. The van der Waals surface area contributed by atoms with Crippen LogP contribution in [-0.2, 0) is 16.1 Å². The van der Waals surface area contributed by atoms with Crippen LogP contribution >= 0.6 is 22.9 Å². The molecular weight excluding hydrogens is 298 g/mol. The van der Waals surface area contributed by atoms with Crippen LogP contribution in [0.3, 0.4) is 0 Å². The minimum absolute atomic E-state index is 0.304. The van der Waals surface area contributed by atoms with Crippen molar-refractivity contribution in [1.82, 2.24) is 5.32 Å². The van der Waals surface area contributed by atoms with Gasteiger partial charge in [-0.1, -0.05) is 41.9 Å². The van der Waals surface area contributed by atoms with E-state index < -0.39 is 5.97 Å². The third-order valence-corrected chi connectivity index (χ3v) is 3.65. The number of amides is 1. The van der Waals surface area contributed by atoms with E-state index in [2.05, 4.69) is 5.32 Å². The number of rotatable bonds is 5. The molecule has 1 aromatic heterocycles. The van der Waals surface area contributed by atoms with Crippen LogP contribution in [0.2, 0.25) is 4.34 Å². The third-order valence-electron chi connectivity index (χ3n) is 2.44. The molecule has 0 fully saturated rings. The van der Waals surface area contributed by atoms with Gasteiger partial charge in [-0.05, 0) is 17.7 Å². The first-order chi connectivity index (χ1) is 9.65. The molecule has 1 N–H and O–H groups in total. The predicted molar refractivity (Wildman–Crippen MR) is 77.9 cm³/mol. The number of halogens is 1. The summed E-state index contributed by atoms with van der Waals surface area (Å²) < 4.78 is 5.40. The summed E-state index contributed by atoms with van der Waals surface area (Å²) in [5.74, 6) is -0.887. The van der Waals surface area contributed by atoms with Crippen molar-refractivity contribution in [2.45, 2.75) is 6.54 Å². The van der Waals surface area contributed by atoms with Crippen LogP contribution in [0, 0.1) is 0 Å². The van der Waals surface area contributed by atoms with E-state index in [4.69, 9.17) is 16.3 Å². The van der Waals surface area contributed by atoms with Gasteiger partial charge >= 0.3 is 5.97 Å². The zero-order chi connectivity index (χ0) is 14.4. The highest BCUT2D eigenvalue weighted by molar-refractivity contribution is 7.17. The maximum atomic E-state index is 11.6. The maximum absolute atomic E-state index is 11.6. The van der Waals surface area contributed by atoms with E-state index in [1.54, 1.807) is 12.1 Å². The second-order valence-corrected chi connectivity index (χ2v) is 5.66. The Balaban J connectivity index is 1.74. The number of nitrogens with one attached hydrogen (secondary N) is 1. The Morgan fingerprint density at radius 1 is 1.15 bits per heavy atom. The van der Waals surface area contributed by atoms with Gasteiger partial charge in [0.2, 0.25) is 0 Å². The molecule has 4 nitrogen and oxygen atoms in total. The summed E-state index contributed by atoms with van der Waals surface area (Å²) in [5, 5.41) is 2.67. The number of carbonyl (C=O) groups excluding carboxylic acids is 2. The summed E-state index contributed by atoms with van der Waals surface area (Å²) in [7, 11) is 0.